The van der Waals surface area contributed by atoms with E-state index in [9.17, 15) is 9.59 Å². The van der Waals surface area contributed by atoms with Crippen molar-refractivity contribution in [1.82, 2.24) is 19.6 Å². The fourth-order valence-corrected chi connectivity index (χ4v) is 3.71. The lowest BCUT2D eigenvalue weighted by Crippen LogP contribution is -2.40. The van der Waals surface area contributed by atoms with Gasteiger partial charge in [0.1, 0.15) is 12.4 Å². The minimum atomic E-state index is -0.0533. The lowest BCUT2D eigenvalue weighted by Gasteiger charge is -2.26. The van der Waals surface area contributed by atoms with Gasteiger partial charge in [-0.05, 0) is 18.1 Å². The second-order valence-electron chi connectivity index (χ2n) is 7.41. The van der Waals surface area contributed by atoms with Gasteiger partial charge in [-0.1, -0.05) is 12.1 Å². The summed E-state index contributed by atoms with van der Waals surface area (Å²) < 4.78 is 12.8. The number of carbonyl (C=O) groups excluding carboxylic acids is 2. The Morgan fingerprint density at radius 1 is 1.10 bits per heavy atom. The van der Waals surface area contributed by atoms with Crippen molar-refractivity contribution in [3.05, 3.63) is 47.3 Å². The fraction of sp³-hybridized carbons (Fsp3) is 0.476. The van der Waals surface area contributed by atoms with Crippen molar-refractivity contribution in [3.63, 3.8) is 0 Å². The van der Waals surface area contributed by atoms with Crippen LogP contribution in [0.3, 0.4) is 0 Å². The first-order valence-electron chi connectivity index (χ1n) is 9.98. The molecule has 8 heteroatoms. The lowest BCUT2D eigenvalue weighted by molar-refractivity contribution is -0.135. The van der Waals surface area contributed by atoms with E-state index in [1.54, 1.807) is 29.0 Å². The number of aryl methyl sites for hydroxylation is 2. The highest BCUT2D eigenvalue weighted by Crippen LogP contribution is 2.26. The molecule has 4 rings (SSSR count). The van der Waals surface area contributed by atoms with Crippen molar-refractivity contribution in [3.8, 4) is 5.75 Å². The van der Waals surface area contributed by atoms with Crippen LogP contribution in [0.1, 0.15) is 27.9 Å². The first kappa shape index (κ1) is 19.4. The van der Waals surface area contributed by atoms with Crippen LogP contribution < -0.4 is 4.74 Å². The number of benzene rings is 1. The monoisotopic (exact) mass is 398 g/mol. The summed E-state index contributed by atoms with van der Waals surface area (Å²) in [5.41, 5.74) is 2.61. The fourth-order valence-electron chi connectivity index (χ4n) is 3.71. The van der Waals surface area contributed by atoms with Gasteiger partial charge in [0.25, 0.3) is 5.91 Å². The Morgan fingerprint density at radius 2 is 1.90 bits per heavy atom. The van der Waals surface area contributed by atoms with Crippen LogP contribution in [-0.2, 0) is 29.5 Å². The summed E-state index contributed by atoms with van der Waals surface area (Å²) in [4.78, 5) is 28.9. The standard InChI is InChI=1S/C21H26N4O4/c1-23-14-18(13-22-23)21(27)25-8-11-29-19-4-2-16(12-17(19)15-25)3-5-20(26)24-6-9-28-10-7-24/h2,4,12-14H,3,5-11,15H2,1H3. The first-order valence-corrected chi connectivity index (χ1v) is 9.98. The van der Waals surface area contributed by atoms with Gasteiger partial charge in [0.2, 0.25) is 5.91 Å². The third-order valence-electron chi connectivity index (χ3n) is 5.34. The summed E-state index contributed by atoms with van der Waals surface area (Å²) in [7, 11) is 1.79. The molecule has 0 radical (unpaired) electrons. The highest BCUT2D eigenvalue weighted by Gasteiger charge is 2.22. The van der Waals surface area contributed by atoms with Crippen LogP contribution in [0.2, 0.25) is 0 Å². The van der Waals surface area contributed by atoms with Gasteiger partial charge in [0, 0.05) is 44.9 Å². The van der Waals surface area contributed by atoms with E-state index in [0.29, 0.717) is 64.4 Å². The van der Waals surface area contributed by atoms with Crippen molar-refractivity contribution in [1.29, 1.82) is 0 Å². The molecule has 0 bridgehead atoms. The number of carbonyl (C=O) groups is 2. The molecule has 154 valence electrons. The number of nitrogens with zero attached hydrogens (tertiary/aromatic N) is 4. The van der Waals surface area contributed by atoms with Crippen LogP contribution in [0, 0.1) is 0 Å². The number of ether oxygens (including phenoxy) is 2. The third kappa shape index (κ3) is 4.59. The zero-order valence-electron chi connectivity index (χ0n) is 16.7. The minimum Gasteiger partial charge on any atom is -0.491 e. The summed E-state index contributed by atoms with van der Waals surface area (Å²) in [6, 6.07) is 6.00. The van der Waals surface area contributed by atoms with E-state index >= 15 is 0 Å². The second kappa shape index (κ2) is 8.65. The molecule has 29 heavy (non-hydrogen) atoms. The van der Waals surface area contributed by atoms with Gasteiger partial charge in [-0.2, -0.15) is 5.10 Å². The van der Waals surface area contributed by atoms with Gasteiger partial charge in [0.05, 0.1) is 31.5 Å². The van der Waals surface area contributed by atoms with E-state index in [4.69, 9.17) is 9.47 Å². The Hall–Kier alpha value is -2.87. The molecule has 0 spiro atoms. The molecule has 0 saturated carbocycles. The molecule has 2 aromatic rings. The van der Waals surface area contributed by atoms with Gasteiger partial charge >= 0.3 is 0 Å². The molecular formula is C21H26N4O4. The normalized spacial score (nSPS) is 16.7. The Kier molecular flexibility index (Phi) is 5.80. The van der Waals surface area contributed by atoms with E-state index in [0.717, 1.165) is 16.9 Å². The summed E-state index contributed by atoms with van der Waals surface area (Å²) in [5.74, 6) is 0.907. The highest BCUT2D eigenvalue weighted by molar-refractivity contribution is 5.93. The SMILES string of the molecule is Cn1cc(C(=O)N2CCOc3ccc(CCC(=O)N4CCOCC4)cc3C2)cn1. The van der Waals surface area contributed by atoms with E-state index in [1.165, 1.54) is 0 Å². The smallest absolute Gasteiger partial charge is 0.257 e. The predicted octanol–water partition coefficient (Wildman–Crippen LogP) is 1.25. The van der Waals surface area contributed by atoms with Crippen LogP contribution in [0.5, 0.6) is 5.75 Å². The lowest BCUT2D eigenvalue weighted by atomic mass is 10.0. The summed E-state index contributed by atoms with van der Waals surface area (Å²) in [5, 5.41) is 4.09. The molecule has 0 unspecified atom stereocenters. The molecule has 2 amide bonds. The molecular weight excluding hydrogens is 372 g/mol. The minimum absolute atomic E-state index is 0.0533. The molecule has 1 aromatic carbocycles. The van der Waals surface area contributed by atoms with Crippen LogP contribution in [0.15, 0.2) is 30.6 Å². The second-order valence-corrected chi connectivity index (χ2v) is 7.41. The molecule has 8 nitrogen and oxygen atoms in total. The Morgan fingerprint density at radius 3 is 2.66 bits per heavy atom. The molecule has 3 heterocycles. The highest BCUT2D eigenvalue weighted by atomic mass is 16.5. The average molecular weight is 398 g/mol. The number of morpholine rings is 1. The number of fused-ring (bicyclic) bond motifs is 1. The molecule has 0 aliphatic carbocycles. The molecule has 0 N–H and O–H groups in total. The summed E-state index contributed by atoms with van der Waals surface area (Å²) in [6.45, 7) is 4.02. The molecule has 1 aromatic heterocycles. The first-order chi connectivity index (χ1) is 14.1. The topological polar surface area (TPSA) is 76.9 Å². The predicted molar refractivity (Wildman–Crippen MR) is 106 cm³/mol. The van der Waals surface area contributed by atoms with Gasteiger partial charge in [-0.25, -0.2) is 0 Å². The van der Waals surface area contributed by atoms with Crippen molar-refractivity contribution < 1.29 is 19.1 Å². The quantitative estimate of drug-likeness (QED) is 0.775. The number of rotatable bonds is 4. The van der Waals surface area contributed by atoms with E-state index in [1.807, 2.05) is 17.0 Å². The van der Waals surface area contributed by atoms with Crippen LogP contribution in [0.25, 0.3) is 0 Å². The maximum atomic E-state index is 12.8. The van der Waals surface area contributed by atoms with Crippen molar-refractivity contribution >= 4 is 11.8 Å². The number of hydrogen-bond acceptors (Lipinski definition) is 5. The van der Waals surface area contributed by atoms with E-state index in [-0.39, 0.29) is 11.8 Å². The summed E-state index contributed by atoms with van der Waals surface area (Å²) >= 11 is 0. The van der Waals surface area contributed by atoms with Gasteiger partial charge in [-0.3, -0.25) is 14.3 Å². The van der Waals surface area contributed by atoms with Crippen molar-refractivity contribution in [2.75, 3.05) is 39.5 Å². The number of aromatic nitrogens is 2. The molecule has 0 atom stereocenters. The number of amides is 2. The summed E-state index contributed by atoms with van der Waals surface area (Å²) in [6.07, 6.45) is 4.45. The molecule has 2 aliphatic heterocycles. The molecule has 2 aliphatic rings. The van der Waals surface area contributed by atoms with Crippen LogP contribution in [0.4, 0.5) is 0 Å². The molecule has 1 saturated heterocycles. The average Bonchev–Trinajstić information content (AvgIpc) is 3.07. The Balaban J connectivity index is 1.42. The van der Waals surface area contributed by atoms with E-state index < -0.39 is 0 Å². The molecule has 1 fully saturated rings. The Labute approximate surface area is 170 Å². The van der Waals surface area contributed by atoms with Gasteiger partial charge in [0.15, 0.2) is 0 Å². The zero-order valence-corrected chi connectivity index (χ0v) is 16.7. The van der Waals surface area contributed by atoms with Gasteiger partial charge < -0.3 is 19.3 Å². The third-order valence-corrected chi connectivity index (χ3v) is 5.34. The largest absolute Gasteiger partial charge is 0.491 e. The zero-order chi connectivity index (χ0) is 20.2. The van der Waals surface area contributed by atoms with E-state index in [2.05, 4.69) is 11.2 Å². The van der Waals surface area contributed by atoms with Crippen LogP contribution in [-0.4, -0.2) is 70.8 Å². The maximum Gasteiger partial charge on any atom is 0.257 e. The maximum absolute atomic E-state index is 12.8. The van der Waals surface area contributed by atoms with Gasteiger partial charge in [-0.15, -0.1) is 0 Å². The van der Waals surface area contributed by atoms with Crippen LogP contribution >= 0.6 is 0 Å². The van der Waals surface area contributed by atoms with Crippen molar-refractivity contribution in [2.45, 2.75) is 19.4 Å². The number of hydrogen-bond donors (Lipinski definition) is 0. The van der Waals surface area contributed by atoms with Crippen molar-refractivity contribution in [2.24, 2.45) is 7.05 Å². The Bertz CT molecular complexity index is 889.